The lowest BCUT2D eigenvalue weighted by Crippen LogP contribution is -2.56. The van der Waals surface area contributed by atoms with Gasteiger partial charge < -0.3 is 9.80 Å². The predicted molar refractivity (Wildman–Crippen MR) is 128 cm³/mol. The van der Waals surface area contributed by atoms with Gasteiger partial charge >= 0.3 is 0 Å². The van der Waals surface area contributed by atoms with Crippen LogP contribution in [0.3, 0.4) is 0 Å². The SMILES string of the molecule is Cc1cccc(N2CCN(C(=O)[C@@H]3CCCN(S(=O)(=O)c4cccc5nonc45)C3)C[C@H]2C)c1. The first-order valence-corrected chi connectivity index (χ1v) is 13.1. The number of carbonyl (C=O) groups is 1. The Hall–Kier alpha value is -2.98. The Labute approximate surface area is 199 Å². The van der Waals surface area contributed by atoms with Crippen LogP contribution < -0.4 is 4.90 Å². The van der Waals surface area contributed by atoms with Crippen molar-refractivity contribution in [3.63, 3.8) is 0 Å². The Morgan fingerprint density at radius 1 is 1.06 bits per heavy atom. The lowest BCUT2D eigenvalue weighted by atomic mass is 9.97. The zero-order valence-corrected chi connectivity index (χ0v) is 20.2. The fourth-order valence-corrected chi connectivity index (χ4v) is 6.76. The topological polar surface area (TPSA) is 99.8 Å². The van der Waals surface area contributed by atoms with Crippen molar-refractivity contribution >= 4 is 32.7 Å². The number of hydrogen-bond acceptors (Lipinski definition) is 7. The number of fused-ring (bicyclic) bond motifs is 1. The van der Waals surface area contributed by atoms with E-state index in [1.54, 1.807) is 12.1 Å². The van der Waals surface area contributed by atoms with E-state index in [2.05, 4.69) is 53.3 Å². The van der Waals surface area contributed by atoms with E-state index >= 15 is 0 Å². The highest BCUT2D eigenvalue weighted by molar-refractivity contribution is 7.89. The van der Waals surface area contributed by atoms with Crippen LogP contribution in [0.25, 0.3) is 11.0 Å². The number of sulfonamides is 1. The number of benzene rings is 2. The first-order chi connectivity index (χ1) is 16.3. The molecular formula is C24H29N5O4S. The number of amides is 1. The summed E-state index contributed by atoms with van der Waals surface area (Å²) in [6.07, 6.45) is 1.33. The summed E-state index contributed by atoms with van der Waals surface area (Å²) < 4.78 is 33.0. The van der Waals surface area contributed by atoms with Gasteiger partial charge in [-0.05, 0) is 66.8 Å². The third kappa shape index (κ3) is 4.16. The molecule has 2 aliphatic rings. The Balaban J connectivity index is 1.29. The Kier molecular flexibility index (Phi) is 6.03. The van der Waals surface area contributed by atoms with Gasteiger partial charge in [-0.25, -0.2) is 13.0 Å². The zero-order valence-electron chi connectivity index (χ0n) is 19.4. The fraction of sp³-hybridized carbons (Fsp3) is 0.458. The molecule has 2 fully saturated rings. The lowest BCUT2D eigenvalue weighted by molar-refractivity contribution is -0.137. The van der Waals surface area contributed by atoms with E-state index in [9.17, 15) is 13.2 Å². The predicted octanol–water partition coefficient (Wildman–Crippen LogP) is 2.67. The number of aromatic nitrogens is 2. The first kappa shape index (κ1) is 22.8. The van der Waals surface area contributed by atoms with Crippen molar-refractivity contribution < 1.29 is 17.8 Å². The number of anilines is 1. The van der Waals surface area contributed by atoms with Crippen molar-refractivity contribution in [3.05, 3.63) is 48.0 Å². The maximum absolute atomic E-state index is 13.4. The fourth-order valence-electron chi connectivity index (χ4n) is 5.10. The van der Waals surface area contributed by atoms with Crippen LogP contribution in [-0.2, 0) is 14.8 Å². The van der Waals surface area contributed by atoms with Crippen LogP contribution in [0.2, 0.25) is 0 Å². The van der Waals surface area contributed by atoms with Gasteiger partial charge in [0.15, 0.2) is 5.52 Å². The van der Waals surface area contributed by atoms with E-state index in [1.807, 2.05) is 4.90 Å². The third-order valence-electron chi connectivity index (χ3n) is 6.87. The quantitative estimate of drug-likeness (QED) is 0.562. The zero-order chi connectivity index (χ0) is 23.9. The first-order valence-electron chi connectivity index (χ1n) is 11.7. The summed E-state index contributed by atoms with van der Waals surface area (Å²) in [7, 11) is -3.82. The van der Waals surface area contributed by atoms with Crippen molar-refractivity contribution in [3.8, 4) is 0 Å². The van der Waals surface area contributed by atoms with Gasteiger partial charge in [0.1, 0.15) is 10.4 Å². The van der Waals surface area contributed by atoms with Crippen LogP contribution in [0.5, 0.6) is 0 Å². The maximum Gasteiger partial charge on any atom is 0.245 e. The van der Waals surface area contributed by atoms with Crippen molar-refractivity contribution in [2.24, 2.45) is 5.92 Å². The van der Waals surface area contributed by atoms with Gasteiger partial charge in [0.25, 0.3) is 0 Å². The van der Waals surface area contributed by atoms with Gasteiger partial charge in [-0.2, -0.15) is 4.31 Å². The molecule has 180 valence electrons. The molecular weight excluding hydrogens is 454 g/mol. The lowest BCUT2D eigenvalue weighted by Gasteiger charge is -2.43. The number of nitrogens with zero attached hydrogens (tertiary/aromatic N) is 5. The molecule has 9 nitrogen and oxygen atoms in total. The molecule has 1 amide bonds. The minimum absolute atomic E-state index is 0.0388. The van der Waals surface area contributed by atoms with Crippen molar-refractivity contribution in [1.82, 2.24) is 19.5 Å². The van der Waals surface area contributed by atoms with Crippen LogP contribution in [0.15, 0.2) is 52.0 Å². The van der Waals surface area contributed by atoms with Crippen LogP contribution in [0, 0.1) is 12.8 Å². The highest BCUT2D eigenvalue weighted by Gasteiger charge is 2.37. The summed E-state index contributed by atoms with van der Waals surface area (Å²) in [5.74, 6) is -0.312. The van der Waals surface area contributed by atoms with Gasteiger partial charge in [0, 0.05) is 44.5 Å². The molecule has 3 aromatic rings. The maximum atomic E-state index is 13.4. The summed E-state index contributed by atoms with van der Waals surface area (Å²) in [6, 6.07) is 13.4. The molecule has 5 rings (SSSR count). The highest BCUT2D eigenvalue weighted by atomic mass is 32.2. The average molecular weight is 484 g/mol. The molecule has 1 aromatic heterocycles. The number of piperazine rings is 1. The van der Waals surface area contributed by atoms with Gasteiger partial charge in [-0.1, -0.05) is 18.2 Å². The van der Waals surface area contributed by atoms with Gasteiger partial charge in [-0.15, -0.1) is 0 Å². The second kappa shape index (κ2) is 8.99. The molecule has 0 saturated carbocycles. The standard InChI is InChI=1S/C24H29N5O4S/c1-17-6-3-8-20(14-17)29-13-12-27(15-18(29)2)24(30)19-7-5-11-28(16-19)34(31,32)22-10-4-9-21-23(22)26-33-25-21/h3-4,6,8-10,14,18-19H,5,7,11-13,15-16H2,1-2H3/t18-,19-/m1/s1. The van der Waals surface area contributed by atoms with Gasteiger partial charge in [0.05, 0.1) is 5.92 Å². The van der Waals surface area contributed by atoms with Gasteiger partial charge in [-0.3, -0.25) is 4.79 Å². The number of aryl methyl sites for hydroxylation is 1. The molecule has 2 saturated heterocycles. The minimum atomic E-state index is -3.82. The van der Waals surface area contributed by atoms with Crippen molar-refractivity contribution in [2.75, 3.05) is 37.6 Å². The van der Waals surface area contributed by atoms with E-state index in [4.69, 9.17) is 4.63 Å². The monoisotopic (exact) mass is 483 g/mol. The molecule has 0 N–H and O–H groups in total. The second-order valence-electron chi connectivity index (χ2n) is 9.26. The minimum Gasteiger partial charge on any atom is -0.365 e. The Morgan fingerprint density at radius 2 is 1.88 bits per heavy atom. The molecule has 0 spiro atoms. The summed E-state index contributed by atoms with van der Waals surface area (Å²) in [5.41, 5.74) is 3.00. The largest absolute Gasteiger partial charge is 0.365 e. The normalized spacial score (nSPS) is 22.3. The molecule has 0 bridgehead atoms. The van der Waals surface area contributed by atoms with E-state index in [1.165, 1.54) is 21.6 Å². The van der Waals surface area contributed by atoms with Crippen LogP contribution >= 0.6 is 0 Å². The molecule has 0 unspecified atom stereocenters. The molecule has 2 aliphatic heterocycles. The van der Waals surface area contributed by atoms with E-state index in [-0.39, 0.29) is 34.8 Å². The highest BCUT2D eigenvalue weighted by Crippen LogP contribution is 2.29. The molecule has 10 heteroatoms. The summed E-state index contributed by atoms with van der Waals surface area (Å²) in [4.78, 5) is 17.7. The second-order valence-corrected chi connectivity index (χ2v) is 11.2. The molecule has 0 radical (unpaired) electrons. The van der Waals surface area contributed by atoms with Crippen molar-refractivity contribution in [2.45, 2.75) is 37.6 Å². The van der Waals surface area contributed by atoms with Crippen LogP contribution in [0.1, 0.15) is 25.3 Å². The molecule has 2 atom stereocenters. The summed E-state index contributed by atoms with van der Waals surface area (Å²) in [5, 5.41) is 7.53. The van der Waals surface area contributed by atoms with E-state index in [0.29, 0.717) is 38.0 Å². The van der Waals surface area contributed by atoms with Crippen LogP contribution in [-0.4, -0.2) is 72.6 Å². The number of rotatable bonds is 4. The molecule has 0 aliphatic carbocycles. The number of piperidine rings is 1. The Bertz CT molecular complexity index is 1310. The Morgan fingerprint density at radius 3 is 2.68 bits per heavy atom. The summed E-state index contributed by atoms with van der Waals surface area (Å²) >= 11 is 0. The van der Waals surface area contributed by atoms with Crippen LogP contribution in [0.4, 0.5) is 5.69 Å². The number of hydrogen-bond donors (Lipinski definition) is 0. The molecule has 34 heavy (non-hydrogen) atoms. The van der Waals surface area contributed by atoms with E-state index in [0.717, 1.165) is 6.54 Å². The smallest absolute Gasteiger partial charge is 0.245 e. The molecule has 3 heterocycles. The number of carbonyl (C=O) groups excluding carboxylic acids is 1. The van der Waals surface area contributed by atoms with Crippen molar-refractivity contribution in [1.29, 1.82) is 0 Å². The average Bonchev–Trinajstić information content (AvgIpc) is 3.32. The third-order valence-corrected chi connectivity index (χ3v) is 8.77. The van der Waals surface area contributed by atoms with E-state index < -0.39 is 10.0 Å². The summed E-state index contributed by atoms with van der Waals surface area (Å²) in [6.45, 7) is 6.78. The molecule has 2 aromatic carbocycles. The van der Waals surface area contributed by atoms with Gasteiger partial charge in [0.2, 0.25) is 15.9 Å².